The molecule has 3 atom stereocenters. The van der Waals surface area contributed by atoms with Gasteiger partial charge in [0.1, 0.15) is 0 Å². The van der Waals surface area contributed by atoms with Crippen LogP contribution in [0, 0.1) is 0 Å². The fourth-order valence-electron chi connectivity index (χ4n) is 4.91. The van der Waals surface area contributed by atoms with Crippen molar-refractivity contribution < 1.29 is 54.1 Å². The molecule has 1 aromatic rings. The molecule has 37 heavy (non-hydrogen) atoms. The predicted octanol–water partition coefficient (Wildman–Crippen LogP) is 3.98. The average molecular weight is 551 g/mol. The number of piperazine rings is 1. The second kappa shape index (κ2) is 10.4. The topological polar surface area (TPSA) is 48.4 Å². The zero-order valence-electron chi connectivity index (χ0n) is 19.4. The van der Waals surface area contributed by atoms with E-state index in [1.807, 2.05) is 4.90 Å². The first kappa shape index (κ1) is 28.2. The van der Waals surface area contributed by atoms with E-state index in [1.165, 1.54) is 6.07 Å². The summed E-state index contributed by atoms with van der Waals surface area (Å²) in [7, 11) is 0. The summed E-state index contributed by atoms with van der Waals surface area (Å²) in [5, 5.41) is 9.88. The van der Waals surface area contributed by atoms with Gasteiger partial charge in [0.05, 0.1) is 17.8 Å². The van der Waals surface area contributed by atoms with E-state index in [4.69, 9.17) is 4.74 Å². The second-order valence-corrected chi connectivity index (χ2v) is 9.44. The Bertz CT molecular complexity index is 907. The summed E-state index contributed by atoms with van der Waals surface area (Å²) < 4.78 is 126. The SMILES string of the molecule is OC(OC(C(F)(F)F)C(F)(F)F)N1CCN(Cc2ccc(C(F)(F)F)cc2N2CC3CCC(C2)O3)CC1. The van der Waals surface area contributed by atoms with E-state index in [2.05, 4.69) is 4.74 Å². The lowest BCUT2D eigenvalue weighted by Gasteiger charge is -2.39. The minimum atomic E-state index is -5.75. The molecule has 0 spiro atoms. The Morgan fingerprint density at radius 2 is 1.46 bits per heavy atom. The lowest BCUT2D eigenvalue weighted by atomic mass is 10.1. The number of hydrogen-bond donors (Lipinski definition) is 1. The molecule has 0 radical (unpaired) electrons. The fraction of sp³-hybridized carbons (Fsp3) is 0.727. The average Bonchev–Trinajstić information content (AvgIpc) is 3.13. The maximum Gasteiger partial charge on any atom is 0.423 e. The van der Waals surface area contributed by atoms with Crippen LogP contribution in [0.5, 0.6) is 0 Å². The second-order valence-electron chi connectivity index (χ2n) is 9.44. The third-order valence-corrected chi connectivity index (χ3v) is 6.76. The molecule has 4 rings (SSSR count). The molecule has 0 aliphatic carbocycles. The maximum absolute atomic E-state index is 13.4. The van der Waals surface area contributed by atoms with Gasteiger partial charge >= 0.3 is 18.5 Å². The van der Waals surface area contributed by atoms with Crippen molar-refractivity contribution in [3.05, 3.63) is 29.3 Å². The van der Waals surface area contributed by atoms with Crippen molar-refractivity contribution in [1.29, 1.82) is 0 Å². The molecule has 0 amide bonds. The first-order chi connectivity index (χ1) is 17.1. The Morgan fingerprint density at radius 1 is 0.892 bits per heavy atom. The molecule has 1 aromatic carbocycles. The largest absolute Gasteiger partial charge is 0.423 e. The number of anilines is 1. The lowest BCUT2D eigenvalue weighted by Crippen LogP contribution is -2.55. The molecule has 6 nitrogen and oxygen atoms in total. The lowest BCUT2D eigenvalue weighted by molar-refractivity contribution is -0.367. The number of benzene rings is 1. The summed E-state index contributed by atoms with van der Waals surface area (Å²) in [4.78, 5) is 4.61. The van der Waals surface area contributed by atoms with E-state index in [-0.39, 0.29) is 44.9 Å². The first-order valence-corrected chi connectivity index (χ1v) is 11.6. The Kier molecular flexibility index (Phi) is 7.92. The van der Waals surface area contributed by atoms with Crippen LogP contribution in [0.2, 0.25) is 0 Å². The van der Waals surface area contributed by atoms with Gasteiger partial charge in [0.15, 0.2) is 0 Å². The standard InChI is InChI=1S/C22H26F9N3O3/c23-20(24,25)14-2-1-13(17(9-14)34-11-15-3-4-16(12-34)36-15)10-32-5-7-33(8-6-32)19(35)37-18(21(26,27)28)22(29,30)31/h1-2,9,15-16,18-19,35H,3-8,10-12H2. The van der Waals surface area contributed by atoms with Crippen LogP contribution in [0.3, 0.4) is 0 Å². The van der Waals surface area contributed by atoms with Crippen LogP contribution < -0.4 is 4.90 Å². The summed E-state index contributed by atoms with van der Waals surface area (Å²) in [6.07, 6.45) is -21.1. The minimum Gasteiger partial charge on any atom is -0.371 e. The maximum atomic E-state index is 13.4. The van der Waals surface area contributed by atoms with E-state index in [9.17, 15) is 44.6 Å². The van der Waals surface area contributed by atoms with E-state index < -0.39 is 36.6 Å². The highest BCUT2D eigenvalue weighted by Gasteiger charge is 2.59. The zero-order valence-corrected chi connectivity index (χ0v) is 19.4. The molecule has 3 fully saturated rings. The minimum absolute atomic E-state index is 0.0663. The number of nitrogens with zero attached hydrogens (tertiary/aromatic N) is 3. The third-order valence-electron chi connectivity index (χ3n) is 6.76. The summed E-state index contributed by atoms with van der Waals surface area (Å²) >= 11 is 0. The van der Waals surface area contributed by atoms with Crippen molar-refractivity contribution in [3.8, 4) is 0 Å². The van der Waals surface area contributed by atoms with Crippen LogP contribution in [0.25, 0.3) is 0 Å². The van der Waals surface area contributed by atoms with Crippen LogP contribution >= 0.6 is 0 Å². The molecular formula is C22H26F9N3O3. The first-order valence-electron chi connectivity index (χ1n) is 11.6. The molecule has 210 valence electrons. The molecule has 3 aliphatic rings. The molecule has 0 saturated carbocycles. The van der Waals surface area contributed by atoms with Crippen molar-refractivity contribution in [2.75, 3.05) is 44.2 Å². The zero-order chi connectivity index (χ0) is 27.2. The number of ether oxygens (including phenoxy) is 2. The summed E-state index contributed by atoms with van der Waals surface area (Å²) in [5.74, 6) is 0. The molecule has 3 aliphatic heterocycles. The number of aliphatic hydroxyl groups excluding tert-OH is 1. The van der Waals surface area contributed by atoms with Crippen LogP contribution in [0.4, 0.5) is 45.2 Å². The fourth-order valence-corrected chi connectivity index (χ4v) is 4.91. The Hall–Kier alpha value is -1.81. The molecule has 3 saturated heterocycles. The molecule has 3 heterocycles. The van der Waals surface area contributed by atoms with Gasteiger partial charge in [-0.25, -0.2) is 0 Å². The van der Waals surface area contributed by atoms with Gasteiger partial charge in [0, 0.05) is 51.5 Å². The van der Waals surface area contributed by atoms with Gasteiger partial charge in [-0.2, -0.15) is 39.5 Å². The summed E-state index contributed by atoms with van der Waals surface area (Å²) in [6, 6.07) is 3.47. The molecule has 2 bridgehead atoms. The van der Waals surface area contributed by atoms with Crippen LogP contribution in [0.15, 0.2) is 18.2 Å². The number of morpholine rings is 1. The van der Waals surface area contributed by atoms with Crippen LogP contribution in [-0.4, -0.2) is 91.3 Å². The van der Waals surface area contributed by atoms with Gasteiger partial charge in [0.25, 0.3) is 6.10 Å². The molecule has 3 unspecified atom stereocenters. The number of hydrogen-bond acceptors (Lipinski definition) is 6. The van der Waals surface area contributed by atoms with Crippen molar-refractivity contribution in [3.63, 3.8) is 0 Å². The number of halogens is 9. The number of fused-ring (bicyclic) bond motifs is 2. The van der Waals surface area contributed by atoms with Crippen molar-refractivity contribution >= 4 is 5.69 Å². The monoisotopic (exact) mass is 551 g/mol. The van der Waals surface area contributed by atoms with Crippen molar-refractivity contribution in [2.24, 2.45) is 0 Å². The van der Waals surface area contributed by atoms with Crippen LogP contribution in [-0.2, 0) is 22.2 Å². The van der Waals surface area contributed by atoms with Gasteiger partial charge in [0.2, 0.25) is 6.41 Å². The highest BCUT2D eigenvalue weighted by molar-refractivity contribution is 5.57. The van der Waals surface area contributed by atoms with Gasteiger partial charge in [-0.3, -0.25) is 9.80 Å². The molecule has 1 N–H and O–H groups in total. The highest BCUT2D eigenvalue weighted by Crippen LogP contribution is 2.38. The Morgan fingerprint density at radius 3 is 1.97 bits per heavy atom. The predicted molar refractivity (Wildman–Crippen MR) is 111 cm³/mol. The van der Waals surface area contributed by atoms with E-state index in [1.54, 1.807) is 4.90 Å². The van der Waals surface area contributed by atoms with Crippen molar-refractivity contribution in [1.82, 2.24) is 9.80 Å². The number of alkyl halides is 9. The smallest absolute Gasteiger partial charge is 0.371 e. The molecule has 0 aromatic heterocycles. The molecule has 15 heteroatoms. The summed E-state index contributed by atoms with van der Waals surface area (Å²) in [6.45, 7) is 1.15. The summed E-state index contributed by atoms with van der Waals surface area (Å²) in [5.41, 5.74) is 0.229. The van der Waals surface area contributed by atoms with E-state index >= 15 is 0 Å². The quantitative estimate of drug-likeness (QED) is 0.427. The molecular weight excluding hydrogens is 525 g/mol. The third kappa shape index (κ3) is 6.80. The highest BCUT2D eigenvalue weighted by atomic mass is 19.4. The number of rotatable bonds is 6. The van der Waals surface area contributed by atoms with Gasteiger partial charge in [-0.1, -0.05) is 6.07 Å². The van der Waals surface area contributed by atoms with Gasteiger partial charge in [-0.05, 0) is 30.5 Å². The van der Waals surface area contributed by atoms with Gasteiger partial charge < -0.3 is 19.5 Å². The Labute approximate surface area is 206 Å². The Balaban J connectivity index is 1.42. The van der Waals surface area contributed by atoms with Crippen LogP contribution in [0.1, 0.15) is 24.0 Å². The van der Waals surface area contributed by atoms with Crippen molar-refractivity contribution in [2.45, 2.75) is 62.6 Å². The normalized spacial score (nSPS) is 25.2. The number of aliphatic hydroxyl groups is 1. The van der Waals surface area contributed by atoms with E-state index in [0.29, 0.717) is 24.3 Å². The van der Waals surface area contributed by atoms with Gasteiger partial charge in [-0.15, -0.1) is 0 Å². The van der Waals surface area contributed by atoms with E-state index in [0.717, 1.165) is 29.9 Å².